The molecule has 0 fully saturated rings. The highest BCUT2D eigenvalue weighted by Crippen LogP contribution is 2.30. The fraction of sp³-hybridized carbons (Fsp3) is 0.286. The first-order valence-corrected chi connectivity index (χ1v) is 8.75. The molecule has 0 saturated heterocycles. The summed E-state index contributed by atoms with van der Waals surface area (Å²) in [5, 5.41) is 1.73. The van der Waals surface area contributed by atoms with Crippen molar-refractivity contribution in [2.75, 3.05) is 20.0 Å². The molecule has 5 nitrogen and oxygen atoms in total. The van der Waals surface area contributed by atoms with E-state index in [0.29, 0.717) is 21.3 Å². The van der Waals surface area contributed by atoms with E-state index in [-0.39, 0.29) is 5.75 Å². The Morgan fingerprint density at radius 3 is 2.57 bits per heavy atom. The molecule has 1 aromatic heterocycles. The standard InChI is InChI=1S/C14H17NO4S2/c1-18-10-5-6-13(19-2)11(8-10)12(15)9-21(16,17)14-4-3-7-20-14/h3-8,12H,9,15H2,1-2H3. The van der Waals surface area contributed by atoms with Crippen molar-refractivity contribution in [3.63, 3.8) is 0 Å². The van der Waals surface area contributed by atoms with Gasteiger partial charge in [0, 0.05) is 11.6 Å². The van der Waals surface area contributed by atoms with Crippen molar-refractivity contribution in [1.29, 1.82) is 0 Å². The lowest BCUT2D eigenvalue weighted by Crippen LogP contribution is -2.22. The van der Waals surface area contributed by atoms with Crippen LogP contribution >= 0.6 is 11.3 Å². The van der Waals surface area contributed by atoms with E-state index in [0.717, 1.165) is 0 Å². The first-order chi connectivity index (χ1) is 9.97. The van der Waals surface area contributed by atoms with E-state index in [1.807, 2.05) is 0 Å². The molecule has 1 aromatic carbocycles. The Hall–Kier alpha value is -1.57. The van der Waals surface area contributed by atoms with Crippen LogP contribution in [0.4, 0.5) is 0 Å². The molecule has 1 unspecified atom stereocenters. The normalized spacial score (nSPS) is 12.9. The summed E-state index contributed by atoms with van der Waals surface area (Å²) in [4.78, 5) is 0. The Morgan fingerprint density at radius 2 is 2.00 bits per heavy atom. The Labute approximate surface area is 128 Å². The van der Waals surface area contributed by atoms with E-state index in [2.05, 4.69) is 0 Å². The van der Waals surface area contributed by atoms with Crippen LogP contribution in [0.15, 0.2) is 39.9 Å². The zero-order valence-corrected chi connectivity index (χ0v) is 13.4. The summed E-state index contributed by atoms with van der Waals surface area (Å²) in [5.74, 6) is 0.969. The molecule has 0 aliphatic rings. The van der Waals surface area contributed by atoms with E-state index in [1.54, 1.807) is 42.8 Å². The number of methoxy groups -OCH3 is 2. The molecule has 0 radical (unpaired) electrons. The SMILES string of the molecule is COc1ccc(OC)c(C(N)CS(=O)(=O)c2cccs2)c1. The monoisotopic (exact) mass is 327 g/mol. The first kappa shape index (κ1) is 15.8. The van der Waals surface area contributed by atoms with Crippen LogP contribution in [0.3, 0.4) is 0 Å². The van der Waals surface area contributed by atoms with Crippen LogP contribution in [0, 0.1) is 0 Å². The largest absolute Gasteiger partial charge is 0.497 e. The molecule has 2 N–H and O–H groups in total. The van der Waals surface area contributed by atoms with Crippen LogP contribution in [0.2, 0.25) is 0 Å². The lowest BCUT2D eigenvalue weighted by Gasteiger charge is -2.16. The second-order valence-corrected chi connectivity index (χ2v) is 7.64. The molecule has 0 bridgehead atoms. The predicted molar refractivity (Wildman–Crippen MR) is 82.8 cm³/mol. The molecule has 2 rings (SSSR count). The van der Waals surface area contributed by atoms with Gasteiger partial charge in [-0.1, -0.05) is 6.07 Å². The number of benzene rings is 1. The number of nitrogens with two attached hydrogens (primary N) is 1. The minimum Gasteiger partial charge on any atom is -0.497 e. The maximum Gasteiger partial charge on any atom is 0.189 e. The molecule has 0 amide bonds. The van der Waals surface area contributed by atoms with Gasteiger partial charge in [-0.3, -0.25) is 0 Å². The Kier molecular flexibility index (Phi) is 4.87. The highest BCUT2D eigenvalue weighted by Gasteiger charge is 2.23. The Bertz CT molecular complexity index is 696. The predicted octanol–water partition coefficient (Wildman–Crippen LogP) is 2.24. The number of rotatable bonds is 6. The van der Waals surface area contributed by atoms with Crippen molar-refractivity contribution in [3.05, 3.63) is 41.3 Å². The zero-order chi connectivity index (χ0) is 15.5. The van der Waals surface area contributed by atoms with Gasteiger partial charge < -0.3 is 15.2 Å². The first-order valence-electron chi connectivity index (χ1n) is 6.21. The Morgan fingerprint density at radius 1 is 1.24 bits per heavy atom. The van der Waals surface area contributed by atoms with Gasteiger partial charge >= 0.3 is 0 Å². The lowest BCUT2D eigenvalue weighted by molar-refractivity contribution is 0.396. The van der Waals surface area contributed by atoms with E-state index >= 15 is 0 Å². The number of ether oxygens (including phenoxy) is 2. The summed E-state index contributed by atoms with van der Waals surface area (Å²) in [6.45, 7) is 0. The topological polar surface area (TPSA) is 78.6 Å². The van der Waals surface area contributed by atoms with Crippen molar-refractivity contribution in [2.24, 2.45) is 5.73 Å². The number of sulfone groups is 1. The minimum absolute atomic E-state index is 0.183. The lowest BCUT2D eigenvalue weighted by atomic mass is 10.1. The quantitative estimate of drug-likeness (QED) is 0.880. The van der Waals surface area contributed by atoms with Crippen LogP contribution < -0.4 is 15.2 Å². The van der Waals surface area contributed by atoms with Crippen LogP contribution in [0.25, 0.3) is 0 Å². The van der Waals surface area contributed by atoms with Crippen molar-refractivity contribution >= 4 is 21.2 Å². The molecule has 21 heavy (non-hydrogen) atoms. The molecule has 0 aliphatic heterocycles. The van der Waals surface area contributed by atoms with E-state index < -0.39 is 15.9 Å². The van der Waals surface area contributed by atoms with Gasteiger partial charge in [-0.2, -0.15) is 0 Å². The third kappa shape index (κ3) is 3.55. The summed E-state index contributed by atoms with van der Waals surface area (Å²) in [7, 11) is -0.351. The summed E-state index contributed by atoms with van der Waals surface area (Å²) in [6, 6.07) is 7.74. The molecule has 0 spiro atoms. The summed E-state index contributed by atoms with van der Waals surface area (Å²) in [6.07, 6.45) is 0. The fourth-order valence-corrected chi connectivity index (χ4v) is 4.49. The minimum atomic E-state index is -3.41. The van der Waals surface area contributed by atoms with Gasteiger partial charge in [0.25, 0.3) is 0 Å². The molecule has 0 aliphatic carbocycles. The molecule has 0 saturated carbocycles. The second kappa shape index (κ2) is 6.46. The van der Waals surface area contributed by atoms with Crippen molar-refractivity contribution in [2.45, 2.75) is 10.3 Å². The van der Waals surface area contributed by atoms with Crippen molar-refractivity contribution in [1.82, 2.24) is 0 Å². The average Bonchev–Trinajstić information content (AvgIpc) is 3.01. The van der Waals surface area contributed by atoms with Gasteiger partial charge in [0.15, 0.2) is 9.84 Å². The van der Waals surface area contributed by atoms with Crippen LogP contribution in [-0.2, 0) is 9.84 Å². The van der Waals surface area contributed by atoms with Gasteiger partial charge in [-0.25, -0.2) is 8.42 Å². The smallest absolute Gasteiger partial charge is 0.189 e. The number of hydrogen-bond donors (Lipinski definition) is 1. The van der Waals surface area contributed by atoms with E-state index in [4.69, 9.17) is 15.2 Å². The molecule has 1 heterocycles. The van der Waals surface area contributed by atoms with Crippen LogP contribution in [0.1, 0.15) is 11.6 Å². The van der Waals surface area contributed by atoms with Gasteiger partial charge in [0.05, 0.1) is 20.0 Å². The fourth-order valence-electron chi connectivity index (χ4n) is 1.98. The molecule has 114 valence electrons. The molecular weight excluding hydrogens is 310 g/mol. The Balaban J connectivity index is 2.30. The highest BCUT2D eigenvalue weighted by molar-refractivity contribution is 7.93. The molecular formula is C14H17NO4S2. The van der Waals surface area contributed by atoms with Crippen molar-refractivity contribution in [3.8, 4) is 11.5 Å². The molecule has 1 atom stereocenters. The third-order valence-corrected chi connectivity index (χ3v) is 6.30. The van der Waals surface area contributed by atoms with Gasteiger partial charge in [0.1, 0.15) is 15.7 Å². The third-order valence-electron chi connectivity index (χ3n) is 3.04. The van der Waals surface area contributed by atoms with E-state index in [9.17, 15) is 8.42 Å². The van der Waals surface area contributed by atoms with Crippen LogP contribution in [0.5, 0.6) is 11.5 Å². The van der Waals surface area contributed by atoms with Gasteiger partial charge in [-0.15, -0.1) is 11.3 Å². The number of thiophene rings is 1. The summed E-state index contributed by atoms with van der Waals surface area (Å²) >= 11 is 1.19. The number of hydrogen-bond acceptors (Lipinski definition) is 6. The highest BCUT2D eigenvalue weighted by atomic mass is 32.2. The molecule has 7 heteroatoms. The van der Waals surface area contributed by atoms with Gasteiger partial charge in [-0.05, 0) is 29.6 Å². The van der Waals surface area contributed by atoms with Crippen molar-refractivity contribution < 1.29 is 17.9 Å². The van der Waals surface area contributed by atoms with Crippen LogP contribution in [-0.4, -0.2) is 28.4 Å². The van der Waals surface area contributed by atoms with Gasteiger partial charge in [0.2, 0.25) is 0 Å². The summed E-state index contributed by atoms with van der Waals surface area (Å²) < 4.78 is 35.3. The second-order valence-electron chi connectivity index (χ2n) is 4.43. The zero-order valence-electron chi connectivity index (χ0n) is 11.8. The van der Waals surface area contributed by atoms with E-state index in [1.165, 1.54) is 18.4 Å². The average molecular weight is 327 g/mol. The summed E-state index contributed by atoms with van der Waals surface area (Å²) in [5.41, 5.74) is 6.69. The maximum atomic E-state index is 12.3. The maximum absolute atomic E-state index is 12.3. The molecule has 2 aromatic rings.